The first-order chi connectivity index (χ1) is 13.1. The van der Waals surface area contributed by atoms with Crippen molar-refractivity contribution in [3.8, 4) is 0 Å². The van der Waals surface area contributed by atoms with Gasteiger partial charge in [0.1, 0.15) is 0 Å². The fraction of sp³-hybridized carbons (Fsp3) is 1.00. The summed E-state index contributed by atoms with van der Waals surface area (Å²) in [5.41, 5.74) is 0. The number of hydrogen-bond donors (Lipinski definition) is 0. The Hall–Kier alpha value is 0.960. The van der Waals surface area contributed by atoms with Crippen molar-refractivity contribution in [2.75, 3.05) is 13.2 Å². The van der Waals surface area contributed by atoms with Crippen LogP contribution in [0.5, 0.6) is 0 Å². The van der Waals surface area contributed by atoms with Crippen LogP contribution in [0, 0.1) is 11.8 Å². The molecule has 0 spiro atoms. The summed E-state index contributed by atoms with van der Waals surface area (Å²) in [6.07, 6.45) is 25.3. The zero-order valence-electron chi connectivity index (χ0n) is 21.7. The van der Waals surface area contributed by atoms with Gasteiger partial charge in [0.25, 0.3) is 0 Å². The Kier molecular flexibility index (Phi) is 28.9. The molecule has 0 heterocycles. The molecule has 1 nitrogen and oxygen atoms in total. The minimum absolute atomic E-state index is 0. The van der Waals surface area contributed by atoms with E-state index in [4.69, 9.17) is 4.74 Å². The van der Waals surface area contributed by atoms with Crippen molar-refractivity contribution in [2.45, 2.75) is 143 Å². The topological polar surface area (TPSA) is 9.23 Å². The second-order valence-electron chi connectivity index (χ2n) is 9.63. The van der Waals surface area contributed by atoms with E-state index >= 15 is 0 Å². The predicted octanol–water partition coefficient (Wildman–Crippen LogP) is 6.45. The first-order valence-electron chi connectivity index (χ1n) is 12.7. The van der Waals surface area contributed by atoms with Gasteiger partial charge in [-0.2, -0.15) is 0 Å². The van der Waals surface area contributed by atoms with E-state index in [1.165, 1.54) is 116 Å². The molecule has 0 amide bonds. The number of ether oxygens (including phenoxy) is 1. The fourth-order valence-corrected chi connectivity index (χ4v) is 3.74. The molecule has 0 aromatic heterocycles. The van der Waals surface area contributed by atoms with E-state index in [1.54, 1.807) is 0 Å². The van der Waals surface area contributed by atoms with E-state index in [9.17, 15) is 0 Å². The first kappa shape index (κ1) is 31.1. The van der Waals surface area contributed by atoms with Crippen LogP contribution in [0.1, 0.15) is 145 Å². The van der Waals surface area contributed by atoms with Crippen molar-refractivity contribution in [1.82, 2.24) is 0 Å². The molecule has 0 fully saturated rings. The molecule has 0 aliphatic heterocycles. The molecule has 0 atom stereocenters. The van der Waals surface area contributed by atoms with Gasteiger partial charge in [0.05, 0.1) is 0 Å². The van der Waals surface area contributed by atoms with Gasteiger partial charge < -0.3 is 6.16 Å². The Morgan fingerprint density at radius 2 is 0.679 bits per heavy atom. The molecule has 0 aromatic rings. The minimum atomic E-state index is 0. The summed E-state index contributed by atoms with van der Waals surface area (Å²) < 4.78 is 5.80. The fourth-order valence-electron chi connectivity index (χ4n) is 3.74. The van der Waals surface area contributed by atoms with Crippen molar-refractivity contribution in [2.24, 2.45) is 11.8 Å². The van der Waals surface area contributed by atoms with Gasteiger partial charge in [0, 0.05) is 13.2 Å². The summed E-state index contributed by atoms with van der Waals surface area (Å²) in [6.45, 7) is 11.3. The summed E-state index contributed by atoms with van der Waals surface area (Å²) in [5, 5.41) is 0. The third kappa shape index (κ3) is 29.2. The zero-order chi connectivity index (χ0) is 20.0. The van der Waals surface area contributed by atoms with E-state index < -0.39 is 0 Å². The van der Waals surface area contributed by atoms with E-state index in [2.05, 4.69) is 27.7 Å². The van der Waals surface area contributed by atoms with Crippen LogP contribution in [0.15, 0.2) is 0 Å². The van der Waals surface area contributed by atoms with Crippen LogP contribution in [0.25, 0.3) is 0 Å². The number of rotatable bonds is 22. The largest absolute Gasteiger partial charge is 1.00 e. The van der Waals surface area contributed by atoms with Crippen molar-refractivity contribution in [3.63, 3.8) is 0 Å². The molecule has 0 bridgehead atoms. The van der Waals surface area contributed by atoms with Gasteiger partial charge in [-0.3, -0.25) is 0 Å². The molecule has 0 aliphatic carbocycles. The van der Waals surface area contributed by atoms with Crippen molar-refractivity contribution in [1.29, 1.82) is 0 Å². The molecule has 166 valence electrons. The molecular formula is C26H55NaO. The molecule has 0 unspecified atom stereocenters. The maximum Gasteiger partial charge on any atom is 1.00 e. The molecule has 28 heavy (non-hydrogen) atoms. The van der Waals surface area contributed by atoms with Crippen LogP contribution in [0.3, 0.4) is 0 Å². The normalized spacial score (nSPS) is 11.4. The molecular weight excluding hydrogens is 351 g/mol. The number of hydrogen-bond acceptors (Lipinski definition) is 1. The third-order valence-electron chi connectivity index (χ3n) is 5.64. The Bertz CT molecular complexity index is 245. The zero-order valence-corrected chi connectivity index (χ0v) is 22.7. The van der Waals surface area contributed by atoms with Crippen molar-refractivity contribution in [3.05, 3.63) is 0 Å². The monoisotopic (exact) mass is 406 g/mol. The predicted molar refractivity (Wildman–Crippen MR) is 125 cm³/mol. The summed E-state index contributed by atoms with van der Waals surface area (Å²) >= 11 is 0. The van der Waals surface area contributed by atoms with Crippen LogP contribution < -0.4 is 29.6 Å². The summed E-state index contributed by atoms with van der Waals surface area (Å²) in [4.78, 5) is 0. The molecule has 0 radical (unpaired) electrons. The van der Waals surface area contributed by atoms with Crippen LogP contribution in [-0.2, 0) is 4.74 Å². The summed E-state index contributed by atoms with van der Waals surface area (Å²) in [6, 6.07) is 0. The second-order valence-corrected chi connectivity index (χ2v) is 9.63. The average molecular weight is 407 g/mol. The molecule has 0 rings (SSSR count). The van der Waals surface area contributed by atoms with Crippen molar-refractivity contribution < 1.29 is 35.7 Å². The smallest absolute Gasteiger partial charge is 1.00 e. The molecule has 0 aliphatic rings. The molecule has 0 saturated heterocycles. The minimum Gasteiger partial charge on any atom is -1.00 e. The van der Waals surface area contributed by atoms with E-state index in [1.807, 2.05) is 0 Å². The van der Waals surface area contributed by atoms with Crippen LogP contribution in [0.4, 0.5) is 0 Å². The van der Waals surface area contributed by atoms with Crippen LogP contribution in [0.2, 0.25) is 0 Å². The first-order valence-corrected chi connectivity index (χ1v) is 12.7. The molecule has 0 N–H and O–H groups in total. The van der Waals surface area contributed by atoms with Gasteiger partial charge in [-0.25, -0.2) is 0 Å². The Balaban J connectivity index is -0.00000338. The van der Waals surface area contributed by atoms with Gasteiger partial charge in [0.2, 0.25) is 0 Å². The van der Waals surface area contributed by atoms with Gasteiger partial charge in [0.15, 0.2) is 0 Å². The van der Waals surface area contributed by atoms with Gasteiger partial charge in [-0.1, -0.05) is 130 Å². The Morgan fingerprint density at radius 3 is 0.964 bits per heavy atom. The summed E-state index contributed by atoms with van der Waals surface area (Å²) in [5.74, 6) is 1.77. The van der Waals surface area contributed by atoms with Crippen molar-refractivity contribution >= 4 is 0 Å². The molecule has 0 saturated carbocycles. The quantitative estimate of drug-likeness (QED) is 0.148. The standard InChI is InChI=1S/C26H54O.Na.H/c1-25(2)21-17-13-9-5-7-11-15-19-23-27-24-20-16-12-8-6-10-14-18-22-26(3)4;;/h25-26H,5-24H2,1-4H3;;/q;+1;-1. The maximum absolute atomic E-state index is 5.80. The third-order valence-corrected chi connectivity index (χ3v) is 5.64. The van der Waals surface area contributed by atoms with E-state index in [-0.39, 0.29) is 31.0 Å². The van der Waals surface area contributed by atoms with Crippen LogP contribution >= 0.6 is 0 Å². The van der Waals surface area contributed by atoms with Gasteiger partial charge in [-0.05, 0) is 24.7 Å². The van der Waals surface area contributed by atoms with E-state index in [0.29, 0.717) is 0 Å². The SMILES string of the molecule is CC(C)CCCCCCCCCCOCCCCCCCCCCC(C)C.[H-].[Na+]. The number of unbranched alkanes of at least 4 members (excludes halogenated alkanes) is 14. The maximum atomic E-state index is 5.80. The van der Waals surface area contributed by atoms with Crippen LogP contribution in [-0.4, -0.2) is 13.2 Å². The average Bonchev–Trinajstić information content (AvgIpc) is 2.62. The molecule has 2 heteroatoms. The van der Waals surface area contributed by atoms with Gasteiger partial charge in [-0.15, -0.1) is 0 Å². The Labute approximate surface area is 203 Å². The second kappa shape index (κ2) is 26.0. The van der Waals surface area contributed by atoms with Gasteiger partial charge >= 0.3 is 29.6 Å². The van der Waals surface area contributed by atoms with E-state index in [0.717, 1.165) is 25.0 Å². The molecule has 0 aromatic carbocycles. The summed E-state index contributed by atoms with van der Waals surface area (Å²) in [7, 11) is 0. The Morgan fingerprint density at radius 1 is 0.429 bits per heavy atom.